The number of hydrogen-bond donors (Lipinski definition) is 1. The van der Waals surface area contributed by atoms with E-state index in [0.29, 0.717) is 16.3 Å². The molecule has 0 aromatic heterocycles. The van der Waals surface area contributed by atoms with Crippen molar-refractivity contribution in [3.63, 3.8) is 0 Å². The number of hydrogen-bond acceptors (Lipinski definition) is 3. The van der Waals surface area contributed by atoms with E-state index < -0.39 is 18.0 Å². The molecule has 0 fully saturated rings. The van der Waals surface area contributed by atoms with Gasteiger partial charge in [0.05, 0.1) is 0 Å². The zero-order valence-electron chi connectivity index (χ0n) is 12.8. The van der Waals surface area contributed by atoms with Gasteiger partial charge in [-0.25, -0.2) is 9.18 Å². The average Bonchev–Trinajstić information content (AvgIpc) is 2.56. The Bertz CT molecular complexity index is 742. The molecule has 0 saturated carbocycles. The molecule has 6 heteroatoms. The number of amides is 1. The first-order chi connectivity index (χ1) is 11.4. The average molecular weight is 348 g/mol. The zero-order chi connectivity index (χ0) is 17.5. The van der Waals surface area contributed by atoms with Crippen molar-refractivity contribution in [2.24, 2.45) is 0 Å². The van der Waals surface area contributed by atoms with Gasteiger partial charge in [0, 0.05) is 16.8 Å². The first-order valence-electron chi connectivity index (χ1n) is 7.15. The maximum atomic E-state index is 12.8. The third-order valence-electron chi connectivity index (χ3n) is 3.06. The summed E-state index contributed by atoms with van der Waals surface area (Å²) < 4.78 is 17.8. The van der Waals surface area contributed by atoms with Crippen LogP contribution in [0.2, 0.25) is 5.02 Å². The highest BCUT2D eigenvalue weighted by molar-refractivity contribution is 6.30. The van der Waals surface area contributed by atoms with Crippen molar-refractivity contribution >= 4 is 35.2 Å². The molecule has 2 rings (SSSR count). The summed E-state index contributed by atoms with van der Waals surface area (Å²) in [6, 6.07) is 12.2. The standard InChI is InChI=1S/C18H15ClFNO3/c1-12(18(23)21-16-9-5-14(19)6-10-16)24-17(22)11-4-13-2-7-15(20)8-3-13/h2-12H,1H3,(H,21,23)/b11-4+/t12-/m0/s1. The lowest BCUT2D eigenvalue weighted by atomic mass is 10.2. The lowest BCUT2D eigenvalue weighted by Crippen LogP contribution is -2.29. The predicted octanol–water partition coefficient (Wildman–Crippen LogP) is 4.06. The molecule has 1 amide bonds. The molecule has 0 heterocycles. The monoisotopic (exact) mass is 347 g/mol. The molecule has 0 unspecified atom stereocenters. The van der Waals surface area contributed by atoms with Crippen LogP contribution in [-0.4, -0.2) is 18.0 Å². The molecule has 124 valence electrons. The maximum absolute atomic E-state index is 12.8. The van der Waals surface area contributed by atoms with Crippen molar-refractivity contribution < 1.29 is 18.7 Å². The van der Waals surface area contributed by atoms with Crippen LogP contribution < -0.4 is 5.32 Å². The summed E-state index contributed by atoms with van der Waals surface area (Å²) in [7, 11) is 0. The van der Waals surface area contributed by atoms with Crippen LogP contribution in [0.25, 0.3) is 6.08 Å². The Labute approximate surface area is 143 Å². The second kappa shape index (κ2) is 8.26. The number of halogens is 2. The molecule has 0 aliphatic carbocycles. The van der Waals surface area contributed by atoms with E-state index in [-0.39, 0.29) is 5.82 Å². The summed E-state index contributed by atoms with van der Waals surface area (Å²) in [4.78, 5) is 23.7. The highest BCUT2D eigenvalue weighted by Gasteiger charge is 2.16. The van der Waals surface area contributed by atoms with Gasteiger partial charge in [-0.05, 0) is 55.0 Å². The zero-order valence-corrected chi connectivity index (χ0v) is 13.6. The second-order valence-electron chi connectivity index (χ2n) is 4.96. The normalized spacial score (nSPS) is 12.0. The Hall–Kier alpha value is -2.66. The minimum Gasteiger partial charge on any atom is -0.449 e. The molecule has 0 aliphatic rings. The van der Waals surface area contributed by atoms with Gasteiger partial charge in [0.1, 0.15) is 5.82 Å². The molecular formula is C18H15ClFNO3. The van der Waals surface area contributed by atoms with Crippen LogP contribution in [0.15, 0.2) is 54.6 Å². The lowest BCUT2D eigenvalue weighted by molar-refractivity contribution is -0.148. The number of benzene rings is 2. The van der Waals surface area contributed by atoms with Crippen molar-refractivity contribution in [2.45, 2.75) is 13.0 Å². The van der Waals surface area contributed by atoms with Crippen LogP contribution in [0.3, 0.4) is 0 Å². The highest BCUT2D eigenvalue weighted by Crippen LogP contribution is 2.14. The Morgan fingerprint density at radius 2 is 1.75 bits per heavy atom. The molecule has 0 radical (unpaired) electrons. The predicted molar refractivity (Wildman–Crippen MR) is 91.1 cm³/mol. The number of anilines is 1. The smallest absolute Gasteiger partial charge is 0.331 e. The lowest BCUT2D eigenvalue weighted by Gasteiger charge is -2.12. The van der Waals surface area contributed by atoms with Gasteiger partial charge in [0.2, 0.25) is 0 Å². The fourth-order valence-corrected chi connectivity index (χ4v) is 1.91. The summed E-state index contributed by atoms with van der Waals surface area (Å²) >= 11 is 5.76. The fraction of sp³-hybridized carbons (Fsp3) is 0.111. The number of carbonyl (C=O) groups excluding carboxylic acids is 2. The van der Waals surface area contributed by atoms with Crippen molar-refractivity contribution in [3.05, 3.63) is 71.0 Å². The van der Waals surface area contributed by atoms with Gasteiger partial charge in [-0.3, -0.25) is 4.79 Å². The van der Waals surface area contributed by atoms with Crippen molar-refractivity contribution in [2.75, 3.05) is 5.32 Å². The number of ether oxygens (including phenoxy) is 1. The third-order valence-corrected chi connectivity index (χ3v) is 3.31. The van der Waals surface area contributed by atoms with Gasteiger partial charge in [-0.2, -0.15) is 0 Å². The van der Waals surface area contributed by atoms with Crippen LogP contribution >= 0.6 is 11.6 Å². The van der Waals surface area contributed by atoms with Gasteiger partial charge < -0.3 is 10.1 Å². The van der Waals surface area contributed by atoms with Gasteiger partial charge in [0.25, 0.3) is 5.91 Å². The van der Waals surface area contributed by atoms with Crippen LogP contribution in [0.1, 0.15) is 12.5 Å². The van der Waals surface area contributed by atoms with E-state index >= 15 is 0 Å². The first-order valence-corrected chi connectivity index (χ1v) is 7.52. The maximum Gasteiger partial charge on any atom is 0.331 e. The van der Waals surface area contributed by atoms with E-state index in [1.807, 2.05) is 0 Å². The van der Waals surface area contributed by atoms with E-state index in [4.69, 9.17) is 16.3 Å². The molecule has 24 heavy (non-hydrogen) atoms. The molecular weight excluding hydrogens is 333 g/mol. The van der Waals surface area contributed by atoms with Crippen molar-refractivity contribution in [1.82, 2.24) is 0 Å². The molecule has 2 aromatic carbocycles. The Balaban J connectivity index is 1.87. The quantitative estimate of drug-likeness (QED) is 0.655. The van der Waals surface area contributed by atoms with Gasteiger partial charge in [-0.1, -0.05) is 23.7 Å². The molecule has 0 aliphatic heterocycles. The third kappa shape index (κ3) is 5.52. The van der Waals surface area contributed by atoms with Gasteiger partial charge in [0.15, 0.2) is 6.10 Å². The highest BCUT2D eigenvalue weighted by atomic mass is 35.5. The van der Waals surface area contributed by atoms with Crippen LogP contribution in [0, 0.1) is 5.82 Å². The Morgan fingerprint density at radius 3 is 2.38 bits per heavy atom. The molecule has 4 nitrogen and oxygen atoms in total. The summed E-state index contributed by atoms with van der Waals surface area (Å²) in [6.07, 6.45) is 1.69. The summed E-state index contributed by atoms with van der Waals surface area (Å²) in [5.41, 5.74) is 1.20. The van der Waals surface area contributed by atoms with Gasteiger partial charge in [-0.15, -0.1) is 0 Å². The summed E-state index contributed by atoms with van der Waals surface area (Å²) in [6.45, 7) is 1.47. The molecule has 0 saturated heterocycles. The number of rotatable bonds is 5. The number of carbonyl (C=O) groups is 2. The number of nitrogens with one attached hydrogen (secondary N) is 1. The van der Waals surface area contributed by atoms with E-state index in [1.165, 1.54) is 43.3 Å². The molecule has 2 aromatic rings. The van der Waals surface area contributed by atoms with E-state index in [9.17, 15) is 14.0 Å². The van der Waals surface area contributed by atoms with Crippen molar-refractivity contribution in [3.8, 4) is 0 Å². The van der Waals surface area contributed by atoms with Crippen LogP contribution in [0.4, 0.5) is 10.1 Å². The Kier molecular flexibility index (Phi) is 6.09. The summed E-state index contributed by atoms with van der Waals surface area (Å²) in [5, 5.41) is 3.17. The Morgan fingerprint density at radius 1 is 1.12 bits per heavy atom. The summed E-state index contributed by atoms with van der Waals surface area (Å²) in [5.74, 6) is -1.49. The molecule has 0 spiro atoms. The van der Waals surface area contributed by atoms with Crippen molar-refractivity contribution in [1.29, 1.82) is 0 Å². The SMILES string of the molecule is C[C@H](OC(=O)/C=C/c1ccc(F)cc1)C(=O)Nc1ccc(Cl)cc1. The first kappa shape index (κ1) is 17.7. The largest absolute Gasteiger partial charge is 0.449 e. The molecule has 1 atom stereocenters. The molecule has 0 bridgehead atoms. The van der Waals surface area contributed by atoms with E-state index in [1.54, 1.807) is 24.3 Å². The minimum absolute atomic E-state index is 0.359. The van der Waals surface area contributed by atoms with E-state index in [0.717, 1.165) is 0 Å². The van der Waals surface area contributed by atoms with Gasteiger partial charge >= 0.3 is 5.97 Å². The second-order valence-corrected chi connectivity index (χ2v) is 5.40. The minimum atomic E-state index is -0.967. The number of esters is 1. The van der Waals surface area contributed by atoms with Crippen LogP contribution in [0.5, 0.6) is 0 Å². The molecule has 1 N–H and O–H groups in total. The van der Waals surface area contributed by atoms with Crippen LogP contribution in [-0.2, 0) is 14.3 Å². The topological polar surface area (TPSA) is 55.4 Å². The van der Waals surface area contributed by atoms with E-state index in [2.05, 4.69) is 5.32 Å². The fourth-order valence-electron chi connectivity index (χ4n) is 1.78.